The molecule has 1 rings (SSSR count). The molecule has 1 fully saturated rings. The van der Waals surface area contributed by atoms with E-state index >= 15 is 0 Å². The Balaban J connectivity index is 2.45. The highest BCUT2D eigenvalue weighted by Gasteiger charge is 2.27. The second-order valence-electron chi connectivity index (χ2n) is 5.93. The molecule has 6 heteroatoms. The number of hydrogen-bond donors (Lipinski definition) is 1. The van der Waals surface area contributed by atoms with Crippen molar-refractivity contribution in [3.05, 3.63) is 0 Å². The third-order valence-corrected chi connectivity index (χ3v) is 4.20. The topological polar surface area (TPSA) is 69.9 Å². The van der Waals surface area contributed by atoms with Crippen molar-refractivity contribution in [2.24, 2.45) is 11.7 Å². The van der Waals surface area contributed by atoms with Gasteiger partial charge in [-0.3, -0.25) is 4.79 Å². The minimum atomic E-state index is -0.0900. The van der Waals surface area contributed by atoms with E-state index in [0.717, 1.165) is 13.1 Å². The summed E-state index contributed by atoms with van der Waals surface area (Å²) in [4.78, 5) is 29.9. The van der Waals surface area contributed by atoms with Crippen LogP contribution in [0.2, 0.25) is 0 Å². The van der Waals surface area contributed by atoms with Gasteiger partial charge in [-0.05, 0) is 19.8 Å². The fourth-order valence-corrected chi connectivity index (χ4v) is 2.41. The van der Waals surface area contributed by atoms with E-state index < -0.39 is 0 Å². The molecule has 0 spiro atoms. The summed E-state index contributed by atoms with van der Waals surface area (Å²) >= 11 is 0. The van der Waals surface area contributed by atoms with E-state index in [2.05, 4.69) is 0 Å². The Morgan fingerprint density at radius 2 is 1.52 bits per heavy atom. The normalized spacial score (nSPS) is 17.0. The zero-order valence-corrected chi connectivity index (χ0v) is 13.8. The number of carbonyl (C=O) groups excluding carboxylic acids is 2. The molecule has 0 aromatic carbocycles. The van der Waals surface area contributed by atoms with Gasteiger partial charge in [-0.2, -0.15) is 0 Å². The van der Waals surface area contributed by atoms with Crippen molar-refractivity contribution in [1.82, 2.24) is 14.7 Å². The summed E-state index contributed by atoms with van der Waals surface area (Å²) in [5, 5.41) is 0. The van der Waals surface area contributed by atoms with E-state index in [-0.39, 0.29) is 18.0 Å². The molecule has 1 saturated heterocycles. The van der Waals surface area contributed by atoms with E-state index in [9.17, 15) is 9.59 Å². The van der Waals surface area contributed by atoms with Crippen LogP contribution in [0.5, 0.6) is 0 Å². The second kappa shape index (κ2) is 8.22. The first-order chi connectivity index (χ1) is 9.90. The van der Waals surface area contributed by atoms with Crippen molar-refractivity contribution in [3.8, 4) is 0 Å². The molecule has 0 aromatic heterocycles. The summed E-state index contributed by atoms with van der Waals surface area (Å²) < 4.78 is 0. The predicted octanol–water partition coefficient (Wildman–Crippen LogP) is 0.966. The number of nitrogens with zero attached hydrogens (tertiary/aromatic N) is 3. The lowest BCUT2D eigenvalue weighted by molar-refractivity contribution is -0.133. The van der Waals surface area contributed by atoms with Crippen molar-refractivity contribution in [3.63, 3.8) is 0 Å². The number of piperazine rings is 1. The number of nitrogens with two attached hydrogens (primary N) is 1. The van der Waals surface area contributed by atoms with Crippen molar-refractivity contribution in [2.75, 3.05) is 39.3 Å². The summed E-state index contributed by atoms with van der Waals surface area (Å²) in [7, 11) is 0. The van der Waals surface area contributed by atoms with Gasteiger partial charge in [-0.1, -0.05) is 13.8 Å². The molecule has 2 N–H and O–H groups in total. The van der Waals surface area contributed by atoms with Gasteiger partial charge in [0, 0.05) is 51.7 Å². The molecule has 1 aliphatic rings. The summed E-state index contributed by atoms with van der Waals surface area (Å²) in [6.07, 6.45) is 0.391. The van der Waals surface area contributed by atoms with Crippen LogP contribution in [0.3, 0.4) is 0 Å². The van der Waals surface area contributed by atoms with Crippen LogP contribution in [0.4, 0.5) is 4.79 Å². The highest BCUT2D eigenvalue weighted by Crippen LogP contribution is 2.10. The van der Waals surface area contributed by atoms with Crippen molar-refractivity contribution in [2.45, 2.75) is 40.2 Å². The molecule has 0 saturated carbocycles. The van der Waals surface area contributed by atoms with E-state index in [4.69, 9.17) is 5.73 Å². The van der Waals surface area contributed by atoms with Crippen LogP contribution < -0.4 is 5.73 Å². The second-order valence-corrected chi connectivity index (χ2v) is 5.93. The van der Waals surface area contributed by atoms with Crippen molar-refractivity contribution in [1.29, 1.82) is 0 Å². The number of rotatable bonds is 5. The maximum absolute atomic E-state index is 12.2. The Morgan fingerprint density at radius 3 is 1.95 bits per heavy atom. The van der Waals surface area contributed by atoms with Gasteiger partial charge in [-0.15, -0.1) is 0 Å². The number of hydrogen-bond acceptors (Lipinski definition) is 3. The minimum absolute atomic E-state index is 0.0750. The zero-order valence-electron chi connectivity index (χ0n) is 13.8. The van der Waals surface area contributed by atoms with Crippen LogP contribution in [0.25, 0.3) is 0 Å². The van der Waals surface area contributed by atoms with Crippen molar-refractivity contribution >= 4 is 11.9 Å². The Kier molecular flexibility index (Phi) is 6.95. The van der Waals surface area contributed by atoms with E-state index in [1.54, 1.807) is 0 Å². The first-order valence-corrected chi connectivity index (χ1v) is 7.97. The Bertz CT molecular complexity index is 348. The Labute approximate surface area is 128 Å². The summed E-state index contributed by atoms with van der Waals surface area (Å²) in [6, 6.07) is -0.0150. The SMILES string of the molecule is CCN(CC)C(=O)N1CCN(C(=O)CC(N)C(C)C)CC1. The van der Waals surface area contributed by atoms with Gasteiger partial charge in [0.05, 0.1) is 0 Å². The maximum atomic E-state index is 12.2. The maximum Gasteiger partial charge on any atom is 0.320 e. The van der Waals surface area contributed by atoms with Crippen LogP contribution >= 0.6 is 0 Å². The molecule has 0 aliphatic carbocycles. The van der Waals surface area contributed by atoms with Crippen LogP contribution in [0, 0.1) is 5.92 Å². The third kappa shape index (κ3) is 4.88. The molecule has 1 aliphatic heterocycles. The number of amides is 3. The van der Waals surface area contributed by atoms with E-state index in [1.807, 2.05) is 42.4 Å². The molecule has 122 valence electrons. The zero-order chi connectivity index (χ0) is 16.0. The summed E-state index contributed by atoms with van der Waals surface area (Å²) in [5.41, 5.74) is 5.96. The summed E-state index contributed by atoms with van der Waals surface area (Å²) in [5.74, 6) is 0.408. The number of carbonyl (C=O) groups is 2. The Morgan fingerprint density at radius 1 is 1.05 bits per heavy atom. The quantitative estimate of drug-likeness (QED) is 0.822. The molecular formula is C15H30N4O2. The van der Waals surface area contributed by atoms with Gasteiger partial charge in [0.15, 0.2) is 0 Å². The molecule has 0 bridgehead atoms. The lowest BCUT2D eigenvalue weighted by Crippen LogP contribution is -2.54. The molecule has 1 heterocycles. The minimum Gasteiger partial charge on any atom is -0.339 e. The largest absolute Gasteiger partial charge is 0.339 e. The van der Waals surface area contributed by atoms with Crippen molar-refractivity contribution < 1.29 is 9.59 Å². The molecule has 6 nitrogen and oxygen atoms in total. The fourth-order valence-electron chi connectivity index (χ4n) is 2.41. The van der Waals surface area contributed by atoms with Crippen LogP contribution in [0.1, 0.15) is 34.1 Å². The molecular weight excluding hydrogens is 268 g/mol. The van der Waals surface area contributed by atoms with Gasteiger partial charge in [0.1, 0.15) is 0 Å². The average molecular weight is 298 g/mol. The van der Waals surface area contributed by atoms with E-state index in [1.165, 1.54) is 0 Å². The molecule has 3 amide bonds. The molecule has 0 radical (unpaired) electrons. The smallest absolute Gasteiger partial charge is 0.320 e. The number of urea groups is 1. The molecule has 21 heavy (non-hydrogen) atoms. The molecule has 0 aromatic rings. The third-order valence-electron chi connectivity index (χ3n) is 4.20. The fraction of sp³-hybridized carbons (Fsp3) is 0.867. The van der Waals surface area contributed by atoms with Gasteiger partial charge in [0.25, 0.3) is 0 Å². The highest BCUT2D eigenvalue weighted by molar-refractivity contribution is 5.78. The first-order valence-electron chi connectivity index (χ1n) is 7.97. The highest BCUT2D eigenvalue weighted by atomic mass is 16.2. The van der Waals surface area contributed by atoms with E-state index in [0.29, 0.717) is 38.5 Å². The van der Waals surface area contributed by atoms with Crippen LogP contribution in [0.15, 0.2) is 0 Å². The van der Waals surface area contributed by atoms with Gasteiger partial charge in [-0.25, -0.2) is 4.79 Å². The molecule has 1 unspecified atom stereocenters. The lowest BCUT2D eigenvalue weighted by atomic mass is 10.0. The molecule has 1 atom stereocenters. The summed E-state index contributed by atoms with van der Waals surface area (Å²) in [6.45, 7) is 11.9. The van der Waals surface area contributed by atoms with Gasteiger partial charge >= 0.3 is 6.03 Å². The van der Waals surface area contributed by atoms with Gasteiger partial charge in [0.2, 0.25) is 5.91 Å². The monoisotopic (exact) mass is 298 g/mol. The predicted molar refractivity (Wildman–Crippen MR) is 83.9 cm³/mol. The standard InChI is InChI=1S/C15H30N4O2/c1-5-17(6-2)15(21)19-9-7-18(8-10-19)14(20)11-13(16)12(3)4/h12-13H,5-11,16H2,1-4H3. The van der Waals surface area contributed by atoms with Gasteiger partial charge < -0.3 is 20.4 Å². The Hall–Kier alpha value is -1.30. The van der Waals surface area contributed by atoms with Crippen LogP contribution in [-0.2, 0) is 4.79 Å². The first kappa shape index (κ1) is 17.8. The average Bonchev–Trinajstić information content (AvgIpc) is 2.48. The van der Waals surface area contributed by atoms with Crippen LogP contribution in [-0.4, -0.2) is 71.9 Å². The lowest BCUT2D eigenvalue weighted by Gasteiger charge is -2.37.